The second kappa shape index (κ2) is 7.04. The topological polar surface area (TPSA) is 68.0 Å². The Labute approximate surface area is 138 Å². The van der Waals surface area contributed by atoms with Crippen molar-refractivity contribution in [2.75, 3.05) is 5.32 Å². The highest BCUT2D eigenvalue weighted by Crippen LogP contribution is 2.19. The Morgan fingerprint density at radius 2 is 1.92 bits per heavy atom. The summed E-state index contributed by atoms with van der Waals surface area (Å²) < 4.78 is 18.8. The van der Waals surface area contributed by atoms with E-state index >= 15 is 0 Å². The molecule has 3 aromatic rings. The molecule has 0 saturated heterocycles. The average molecular weight is 325 g/mol. The first kappa shape index (κ1) is 15.9. The molecular formula is C18H16FN3O2. The van der Waals surface area contributed by atoms with Gasteiger partial charge < -0.3 is 9.84 Å². The van der Waals surface area contributed by atoms with Crippen molar-refractivity contribution >= 4 is 11.6 Å². The van der Waals surface area contributed by atoms with E-state index in [1.54, 1.807) is 18.2 Å². The zero-order valence-electron chi connectivity index (χ0n) is 13.1. The van der Waals surface area contributed by atoms with Crippen LogP contribution in [0.1, 0.15) is 17.9 Å². The molecule has 1 aromatic heterocycles. The number of hydrogen-bond acceptors (Lipinski definition) is 4. The van der Waals surface area contributed by atoms with E-state index < -0.39 is 5.82 Å². The number of amides is 1. The zero-order valence-corrected chi connectivity index (χ0v) is 13.1. The van der Waals surface area contributed by atoms with E-state index in [-0.39, 0.29) is 23.7 Å². The number of aromatic nitrogens is 2. The smallest absolute Gasteiger partial charge is 0.227 e. The van der Waals surface area contributed by atoms with Crippen LogP contribution in [0.25, 0.3) is 11.4 Å². The van der Waals surface area contributed by atoms with E-state index in [2.05, 4.69) is 15.5 Å². The molecule has 0 aliphatic heterocycles. The fraction of sp³-hybridized carbons (Fsp3) is 0.167. The number of nitrogens with zero attached hydrogens (tertiary/aromatic N) is 2. The number of carbonyl (C=O) groups is 1. The summed E-state index contributed by atoms with van der Waals surface area (Å²) in [6.07, 6.45) is 0.492. The van der Waals surface area contributed by atoms with Crippen molar-refractivity contribution in [1.29, 1.82) is 0 Å². The molecule has 0 saturated carbocycles. The molecule has 0 bridgehead atoms. The molecular weight excluding hydrogens is 309 g/mol. The van der Waals surface area contributed by atoms with Crippen LogP contribution in [0.3, 0.4) is 0 Å². The van der Waals surface area contributed by atoms with Crippen molar-refractivity contribution in [3.63, 3.8) is 0 Å². The molecule has 24 heavy (non-hydrogen) atoms. The zero-order chi connectivity index (χ0) is 16.9. The number of hydrogen-bond donors (Lipinski definition) is 1. The van der Waals surface area contributed by atoms with Crippen molar-refractivity contribution in [1.82, 2.24) is 10.1 Å². The van der Waals surface area contributed by atoms with E-state index in [4.69, 9.17) is 4.52 Å². The maximum absolute atomic E-state index is 13.7. The van der Waals surface area contributed by atoms with Gasteiger partial charge in [-0.15, -0.1) is 0 Å². The van der Waals surface area contributed by atoms with Gasteiger partial charge in [0.1, 0.15) is 5.82 Å². The van der Waals surface area contributed by atoms with Gasteiger partial charge in [-0.25, -0.2) is 4.39 Å². The van der Waals surface area contributed by atoms with E-state index in [0.29, 0.717) is 12.3 Å². The van der Waals surface area contributed by atoms with Crippen molar-refractivity contribution in [3.8, 4) is 11.4 Å². The Balaban J connectivity index is 1.58. The maximum atomic E-state index is 13.7. The first-order chi connectivity index (χ1) is 11.6. The maximum Gasteiger partial charge on any atom is 0.227 e. The molecule has 3 rings (SSSR count). The minimum atomic E-state index is -0.415. The number of nitrogens with one attached hydrogen (secondary N) is 1. The Kier molecular flexibility index (Phi) is 4.65. The average Bonchev–Trinajstić information content (AvgIpc) is 3.04. The quantitative estimate of drug-likeness (QED) is 0.775. The lowest BCUT2D eigenvalue weighted by atomic mass is 10.2. The SMILES string of the molecule is Cc1ccc(NC(=O)CCc2nc(-c3ccccc3F)no2)cc1. The van der Waals surface area contributed by atoms with Gasteiger partial charge in [0.25, 0.3) is 0 Å². The molecule has 0 aliphatic rings. The number of halogens is 1. The highest BCUT2D eigenvalue weighted by Gasteiger charge is 2.13. The standard InChI is InChI=1S/C18H16FN3O2/c1-12-6-8-13(9-7-12)20-16(23)10-11-17-21-18(22-24-17)14-4-2-3-5-15(14)19/h2-9H,10-11H2,1H3,(H,20,23). The van der Waals surface area contributed by atoms with Crippen LogP contribution in [0, 0.1) is 12.7 Å². The molecule has 0 radical (unpaired) electrons. The van der Waals surface area contributed by atoms with Gasteiger partial charge in [0.2, 0.25) is 17.6 Å². The molecule has 2 aromatic carbocycles. The van der Waals surface area contributed by atoms with Gasteiger partial charge in [0, 0.05) is 18.5 Å². The summed E-state index contributed by atoms with van der Waals surface area (Å²) in [5.41, 5.74) is 2.14. The van der Waals surface area contributed by atoms with Gasteiger partial charge in [-0.2, -0.15) is 4.98 Å². The van der Waals surface area contributed by atoms with Crippen molar-refractivity contribution in [2.45, 2.75) is 19.8 Å². The molecule has 1 N–H and O–H groups in total. The fourth-order valence-corrected chi connectivity index (χ4v) is 2.19. The number of rotatable bonds is 5. The van der Waals surface area contributed by atoms with Crippen LogP contribution < -0.4 is 5.32 Å². The second-order valence-electron chi connectivity index (χ2n) is 5.41. The molecule has 6 heteroatoms. The molecule has 1 amide bonds. The molecule has 0 spiro atoms. The van der Waals surface area contributed by atoms with Crippen LogP contribution in [0.4, 0.5) is 10.1 Å². The minimum Gasteiger partial charge on any atom is -0.339 e. The van der Waals surface area contributed by atoms with Crippen LogP contribution >= 0.6 is 0 Å². The summed E-state index contributed by atoms with van der Waals surface area (Å²) >= 11 is 0. The van der Waals surface area contributed by atoms with E-state index in [1.807, 2.05) is 31.2 Å². The minimum absolute atomic E-state index is 0.149. The number of aryl methyl sites for hydroxylation is 2. The third kappa shape index (κ3) is 3.84. The monoisotopic (exact) mass is 325 g/mol. The largest absolute Gasteiger partial charge is 0.339 e. The normalized spacial score (nSPS) is 10.6. The summed E-state index contributed by atoms with van der Waals surface area (Å²) in [4.78, 5) is 16.1. The molecule has 0 aliphatic carbocycles. The van der Waals surface area contributed by atoms with Gasteiger partial charge in [0.15, 0.2) is 0 Å². The van der Waals surface area contributed by atoms with Gasteiger partial charge in [-0.05, 0) is 31.2 Å². The molecule has 0 unspecified atom stereocenters. The lowest BCUT2D eigenvalue weighted by molar-refractivity contribution is -0.116. The predicted octanol–water partition coefficient (Wildman–Crippen LogP) is 3.76. The van der Waals surface area contributed by atoms with Crippen molar-refractivity contribution in [2.24, 2.45) is 0 Å². The van der Waals surface area contributed by atoms with Gasteiger partial charge in [0.05, 0.1) is 5.56 Å². The Hall–Kier alpha value is -3.02. The Morgan fingerprint density at radius 1 is 1.17 bits per heavy atom. The van der Waals surface area contributed by atoms with Gasteiger partial charge >= 0.3 is 0 Å². The van der Waals surface area contributed by atoms with E-state index in [0.717, 1.165) is 11.3 Å². The highest BCUT2D eigenvalue weighted by atomic mass is 19.1. The second-order valence-corrected chi connectivity index (χ2v) is 5.41. The first-order valence-corrected chi connectivity index (χ1v) is 7.56. The lowest BCUT2D eigenvalue weighted by Crippen LogP contribution is -2.12. The summed E-state index contributed by atoms with van der Waals surface area (Å²) in [7, 11) is 0. The van der Waals surface area contributed by atoms with Crippen LogP contribution in [0.2, 0.25) is 0 Å². The lowest BCUT2D eigenvalue weighted by Gasteiger charge is -2.04. The van der Waals surface area contributed by atoms with Crippen LogP contribution in [0.5, 0.6) is 0 Å². The summed E-state index contributed by atoms with van der Waals surface area (Å²) in [5, 5.41) is 6.56. The third-order valence-corrected chi connectivity index (χ3v) is 3.48. The van der Waals surface area contributed by atoms with Crippen LogP contribution in [-0.4, -0.2) is 16.0 Å². The molecule has 122 valence electrons. The predicted molar refractivity (Wildman–Crippen MR) is 87.8 cm³/mol. The third-order valence-electron chi connectivity index (χ3n) is 3.48. The first-order valence-electron chi connectivity index (χ1n) is 7.56. The van der Waals surface area contributed by atoms with Crippen LogP contribution in [0.15, 0.2) is 53.1 Å². The number of carbonyl (C=O) groups excluding carboxylic acids is 1. The van der Waals surface area contributed by atoms with E-state index in [9.17, 15) is 9.18 Å². The summed E-state index contributed by atoms with van der Waals surface area (Å²) in [6, 6.07) is 13.7. The van der Waals surface area contributed by atoms with Crippen LogP contribution in [-0.2, 0) is 11.2 Å². The Bertz CT molecular complexity index is 843. The number of anilines is 1. The Morgan fingerprint density at radius 3 is 2.67 bits per heavy atom. The fourth-order valence-electron chi connectivity index (χ4n) is 2.19. The summed E-state index contributed by atoms with van der Waals surface area (Å²) in [5.74, 6) is -0.0826. The molecule has 0 fully saturated rings. The van der Waals surface area contributed by atoms with E-state index in [1.165, 1.54) is 6.07 Å². The molecule has 0 atom stereocenters. The number of benzene rings is 2. The van der Waals surface area contributed by atoms with Crippen molar-refractivity contribution < 1.29 is 13.7 Å². The molecule has 1 heterocycles. The highest BCUT2D eigenvalue weighted by molar-refractivity contribution is 5.90. The van der Waals surface area contributed by atoms with Crippen molar-refractivity contribution in [3.05, 3.63) is 65.8 Å². The van der Waals surface area contributed by atoms with Gasteiger partial charge in [-0.1, -0.05) is 35.0 Å². The summed E-state index contributed by atoms with van der Waals surface area (Å²) in [6.45, 7) is 1.98. The molecule has 5 nitrogen and oxygen atoms in total. The van der Waals surface area contributed by atoms with Gasteiger partial charge in [-0.3, -0.25) is 4.79 Å².